The number of piperidine rings is 1. The lowest BCUT2D eigenvalue weighted by Crippen LogP contribution is -2.47. The molecule has 2 rings (SSSR count). The van der Waals surface area contributed by atoms with E-state index in [1.165, 1.54) is 22.4 Å². The lowest BCUT2D eigenvalue weighted by atomic mass is 10.1. The number of carbonyl (C=O) groups is 1. The fraction of sp³-hybridized carbons (Fsp3) is 0.588. The molecule has 4 heteroatoms. The van der Waals surface area contributed by atoms with Gasteiger partial charge in [0.1, 0.15) is 0 Å². The van der Waals surface area contributed by atoms with E-state index >= 15 is 0 Å². The Hall–Kier alpha value is -1.00. The summed E-state index contributed by atoms with van der Waals surface area (Å²) >= 11 is 1.78. The number of aryl methyl sites for hydroxylation is 2. The molecule has 0 aliphatic carbocycles. The highest BCUT2D eigenvalue weighted by atomic mass is 32.2. The number of likely N-dealkylation sites (N-methyl/N-ethyl adjacent to an activating group) is 1. The van der Waals surface area contributed by atoms with Crippen molar-refractivity contribution in [3.8, 4) is 0 Å². The van der Waals surface area contributed by atoms with Crippen LogP contribution in [0.2, 0.25) is 0 Å². The summed E-state index contributed by atoms with van der Waals surface area (Å²) in [5.41, 5.74) is 2.64. The number of benzene rings is 1. The van der Waals surface area contributed by atoms with E-state index in [9.17, 15) is 4.79 Å². The molecule has 116 valence electrons. The molecular weight excluding hydrogens is 280 g/mol. The fourth-order valence-electron chi connectivity index (χ4n) is 2.66. The lowest BCUT2D eigenvalue weighted by molar-refractivity contribution is -0.132. The first kappa shape index (κ1) is 16.4. The smallest absolute Gasteiger partial charge is 0.223 e. The van der Waals surface area contributed by atoms with E-state index in [0.717, 1.165) is 25.3 Å². The molecule has 3 nitrogen and oxygen atoms in total. The van der Waals surface area contributed by atoms with Crippen LogP contribution in [0.3, 0.4) is 0 Å². The minimum atomic E-state index is 0.297. The van der Waals surface area contributed by atoms with Crippen molar-refractivity contribution in [2.24, 2.45) is 0 Å². The topological polar surface area (TPSA) is 32.3 Å². The Morgan fingerprint density at radius 3 is 2.90 bits per heavy atom. The Morgan fingerprint density at radius 1 is 1.38 bits per heavy atom. The van der Waals surface area contributed by atoms with Gasteiger partial charge >= 0.3 is 0 Å². The van der Waals surface area contributed by atoms with Gasteiger partial charge in [0.15, 0.2) is 0 Å². The molecule has 1 saturated heterocycles. The van der Waals surface area contributed by atoms with Crippen LogP contribution < -0.4 is 5.32 Å². The predicted molar refractivity (Wildman–Crippen MR) is 89.9 cm³/mol. The molecule has 0 saturated carbocycles. The number of thioether (sulfide) groups is 1. The zero-order valence-electron chi connectivity index (χ0n) is 13.3. The van der Waals surface area contributed by atoms with E-state index < -0.39 is 0 Å². The molecule has 1 aliphatic rings. The molecule has 1 atom stereocenters. The summed E-state index contributed by atoms with van der Waals surface area (Å²) < 4.78 is 0. The maximum Gasteiger partial charge on any atom is 0.223 e. The van der Waals surface area contributed by atoms with E-state index in [4.69, 9.17) is 0 Å². The van der Waals surface area contributed by atoms with Crippen LogP contribution in [0.25, 0.3) is 0 Å². The minimum Gasteiger partial charge on any atom is -0.341 e. The van der Waals surface area contributed by atoms with Gasteiger partial charge in [-0.1, -0.05) is 6.07 Å². The second kappa shape index (κ2) is 7.85. The predicted octanol–water partition coefficient (Wildman–Crippen LogP) is 3.00. The van der Waals surface area contributed by atoms with Gasteiger partial charge in [0.25, 0.3) is 0 Å². The summed E-state index contributed by atoms with van der Waals surface area (Å²) in [7, 11) is 1.98. The molecule has 0 spiro atoms. The van der Waals surface area contributed by atoms with Gasteiger partial charge < -0.3 is 10.2 Å². The van der Waals surface area contributed by atoms with Gasteiger partial charge in [-0.3, -0.25) is 4.79 Å². The molecule has 0 radical (unpaired) electrons. The maximum atomic E-state index is 12.3. The minimum absolute atomic E-state index is 0.297. The Bertz CT molecular complexity index is 490. The van der Waals surface area contributed by atoms with Crippen LogP contribution in [0.15, 0.2) is 23.1 Å². The summed E-state index contributed by atoms with van der Waals surface area (Å²) in [6.45, 7) is 6.05. The van der Waals surface area contributed by atoms with Gasteiger partial charge in [-0.05, 0) is 57.0 Å². The molecule has 1 aromatic carbocycles. The standard InChI is InChI=1S/C17H26N2OS/c1-13-6-7-16(11-14(13)2)21-10-8-17(20)19-9-4-5-15(12-19)18-3/h6-7,11,15,18H,4-5,8-10,12H2,1-3H3. The van der Waals surface area contributed by atoms with Crippen molar-refractivity contribution in [2.75, 3.05) is 25.9 Å². The SMILES string of the molecule is CNC1CCCN(C(=O)CCSc2ccc(C)c(C)c2)C1. The highest BCUT2D eigenvalue weighted by Gasteiger charge is 2.21. The second-order valence-corrected chi connectivity index (χ2v) is 6.98. The quantitative estimate of drug-likeness (QED) is 0.849. The number of carbonyl (C=O) groups excluding carboxylic acids is 1. The normalized spacial score (nSPS) is 18.8. The van der Waals surface area contributed by atoms with Crippen molar-refractivity contribution in [1.82, 2.24) is 10.2 Å². The number of nitrogens with one attached hydrogen (secondary N) is 1. The van der Waals surface area contributed by atoms with Crippen LogP contribution in [-0.4, -0.2) is 42.7 Å². The Kier molecular flexibility index (Phi) is 6.12. The summed E-state index contributed by atoms with van der Waals surface area (Å²) in [6.07, 6.45) is 2.92. The first-order valence-electron chi connectivity index (χ1n) is 7.75. The van der Waals surface area contributed by atoms with E-state index in [0.29, 0.717) is 18.4 Å². The number of rotatable bonds is 5. The van der Waals surface area contributed by atoms with Crippen LogP contribution in [-0.2, 0) is 4.79 Å². The Balaban J connectivity index is 1.77. The van der Waals surface area contributed by atoms with Crippen molar-refractivity contribution in [3.63, 3.8) is 0 Å². The van der Waals surface area contributed by atoms with Crippen molar-refractivity contribution < 1.29 is 4.79 Å². The van der Waals surface area contributed by atoms with E-state index in [1.807, 2.05) is 11.9 Å². The van der Waals surface area contributed by atoms with Gasteiger partial charge in [0.2, 0.25) is 5.91 Å². The third-order valence-corrected chi connectivity index (χ3v) is 5.24. The first-order chi connectivity index (χ1) is 10.1. The number of hydrogen-bond acceptors (Lipinski definition) is 3. The highest BCUT2D eigenvalue weighted by molar-refractivity contribution is 7.99. The van der Waals surface area contributed by atoms with Gasteiger partial charge in [0, 0.05) is 36.2 Å². The van der Waals surface area contributed by atoms with Crippen molar-refractivity contribution in [2.45, 2.75) is 44.0 Å². The molecule has 1 aliphatic heterocycles. The largest absolute Gasteiger partial charge is 0.341 e. The van der Waals surface area contributed by atoms with Crippen molar-refractivity contribution in [1.29, 1.82) is 0 Å². The summed E-state index contributed by atoms with van der Waals surface area (Å²) in [6, 6.07) is 6.98. The van der Waals surface area contributed by atoms with Crippen LogP contribution >= 0.6 is 11.8 Å². The molecule has 21 heavy (non-hydrogen) atoms. The Morgan fingerprint density at radius 2 is 2.19 bits per heavy atom. The molecule has 1 heterocycles. The van der Waals surface area contributed by atoms with Gasteiger partial charge in [-0.15, -0.1) is 11.8 Å². The molecule has 1 N–H and O–H groups in total. The third-order valence-electron chi connectivity index (χ3n) is 4.25. The summed E-state index contributed by atoms with van der Waals surface area (Å²) in [4.78, 5) is 15.5. The summed E-state index contributed by atoms with van der Waals surface area (Å²) in [5, 5.41) is 3.28. The average Bonchev–Trinajstić information content (AvgIpc) is 2.50. The number of likely N-dealkylation sites (tertiary alicyclic amines) is 1. The number of nitrogens with zero attached hydrogens (tertiary/aromatic N) is 1. The van der Waals surface area contributed by atoms with Crippen LogP contribution in [0.5, 0.6) is 0 Å². The van der Waals surface area contributed by atoms with E-state index in [2.05, 4.69) is 37.4 Å². The van der Waals surface area contributed by atoms with Crippen LogP contribution in [0, 0.1) is 13.8 Å². The maximum absolute atomic E-state index is 12.3. The highest BCUT2D eigenvalue weighted by Crippen LogP contribution is 2.22. The molecule has 1 unspecified atom stereocenters. The molecule has 1 fully saturated rings. The summed E-state index contributed by atoms with van der Waals surface area (Å²) in [5.74, 6) is 1.16. The van der Waals surface area contributed by atoms with Crippen molar-refractivity contribution in [3.05, 3.63) is 29.3 Å². The van der Waals surface area contributed by atoms with Crippen molar-refractivity contribution >= 4 is 17.7 Å². The van der Waals surface area contributed by atoms with Crippen LogP contribution in [0.1, 0.15) is 30.4 Å². The number of hydrogen-bond donors (Lipinski definition) is 1. The second-order valence-electron chi connectivity index (χ2n) is 5.81. The molecule has 1 aromatic rings. The Labute approximate surface area is 132 Å². The molecule has 0 aromatic heterocycles. The monoisotopic (exact) mass is 306 g/mol. The first-order valence-corrected chi connectivity index (χ1v) is 8.74. The van der Waals surface area contributed by atoms with Gasteiger partial charge in [-0.2, -0.15) is 0 Å². The van der Waals surface area contributed by atoms with Gasteiger partial charge in [-0.25, -0.2) is 0 Å². The number of amides is 1. The molecular formula is C17H26N2OS. The van der Waals surface area contributed by atoms with E-state index in [1.54, 1.807) is 11.8 Å². The third kappa shape index (κ3) is 4.75. The average molecular weight is 306 g/mol. The molecule has 0 bridgehead atoms. The van der Waals surface area contributed by atoms with E-state index in [-0.39, 0.29) is 0 Å². The molecule has 1 amide bonds. The van der Waals surface area contributed by atoms with Crippen LogP contribution in [0.4, 0.5) is 0 Å². The fourth-order valence-corrected chi connectivity index (χ4v) is 3.59. The zero-order chi connectivity index (χ0) is 15.2. The lowest BCUT2D eigenvalue weighted by Gasteiger charge is -2.32. The van der Waals surface area contributed by atoms with Gasteiger partial charge in [0.05, 0.1) is 0 Å². The zero-order valence-corrected chi connectivity index (χ0v) is 14.1.